The molecule has 5 heteroatoms. The third-order valence-corrected chi connectivity index (χ3v) is 6.27. The highest BCUT2D eigenvalue weighted by atomic mass is 16.2. The van der Waals surface area contributed by atoms with Crippen LogP contribution in [0.2, 0.25) is 0 Å². The number of nitrogens with zero attached hydrogens (tertiary/aromatic N) is 3. The average molecular weight is 418 g/mol. The first-order chi connectivity index (χ1) is 14.9. The lowest BCUT2D eigenvalue weighted by molar-refractivity contribution is -0.138. The van der Waals surface area contributed by atoms with Crippen LogP contribution in [0.1, 0.15) is 30.5 Å². The van der Waals surface area contributed by atoms with Gasteiger partial charge in [-0.1, -0.05) is 56.3 Å². The van der Waals surface area contributed by atoms with E-state index in [0.717, 1.165) is 18.7 Å². The Morgan fingerprint density at radius 3 is 2.10 bits per heavy atom. The van der Waals surface area contributed by atoms with Gasteiger partial charge in [-0.15, -0.1) is 0 Å². The second-order valence-electron chi connectivity index (χ2n) is 8.90. The summed E-state index contributed by atoms with van der Waals surface area (Å²) in [5.74, 6) is -0.0972. The second kappa shape index (κ2) is 8.58. The van der Waals surface area contributed by atoms with Crippen molar-refractivity contribution in [1.29, 1.82) is 0 Å². The highest BCUT2D eigenvalue weighted by molar-refractivity contribution is 6.35. The first-order valence-corrected chi connectivity index (χ1v) is 11.1. The van der Waals surface area contributed by atoms with Crippen LogP contribution in [0.15, 0.2) is 54.2 Å². The number of hydrogen-bond acceptors (Lipinski definition) is 4. The zero-order chi connectivity index (χ0) is 22.1. The SMILES string of the molecule is Cc1cccc(N2CCN(C3=C(c4ccccc4)C(=O)N(CC(C)C)C3=O)CC2)c1C. The van der Waals surface area contributed by atoms with Crippen LogP contribution in [-0.2, 0) is 9.59 Å². The Labute approximate surface area is 184 Å². The number of benzene rings is 2. The minimum atomic E-state index is -0.170. The lowest BCUT2D eigenvalue weighted by atomic mass is 10.0. The van der Waals surface area contributed by atoms with Crippen molar-refractivity contribution in [2.24, 2.45) is 5.92 Å². The van der Waals surface area contributed by atoms with E-state index in [0.29, 0.717) is 30.9 Å². The Morgan fingerprint density at radius 2 is 1.45 bits per heavy atom. The Balaban J connectivity index is 1.63. The predicted octanol–water partition coefficient (Wildman–Crippen LogP) is 3.86. The number of imide groups is 1. The molecular weight excluding hydrogens is 386 g/mol. The van der Waals surface area contributed by atoms with Crippen LogP contribution in [0, 0.1) is 19.8 Å². The number of carbonyl (C=O) groups is 2. The van der Waals surface area contributed by atoms with Gasteiger partial charge in [-0.05, 0) is 42.5 Å². The van der Waals surface area contributed by atoms with E-state index < -0.39 is 0 Å². The first kappa shape index (κ1) is 21.2. The topological polar surface area (TPSA) is 43.9 Å². The van der Waals surface area contributed by atoms with Crippen molar-refractivity contribution in [3.05, 3.63) is 70.9 Å². The summed E-state index contributed by atoms with van der Waals surface area (Å²) in [5.41, 5.74) is 5.78. The van der Waals surface area contributed by atoms with E-state index in [1.807, 2.05) is 44.2 Å². The number of aryl methyl sites for hydroxylation is 1. The lowest BCUT2D eigenvalue weighted by Crippen LogP contribution is -2.48. The van der Waals surface area contributed by atoms with Crippen molar-refractivity contribution in [2.75, 3.05) is 37.6 Å². The van der Waals surface area contributed by atoms with Crippen LogP contribution in [-0.4, -0.2) is 54.3 Å². The van der Waals surface area contributed by atoms with Crippen molar-refractivity contribution >= 4 is 23.1 Å². The van der Waals surface area contributed by atoms with Crippen molar-refractivity contribution in [3.63, 3.8) is 0 Å². The van der Waals surface area contributed by atoms with E-state index in [4.69, 9.17) is 0 Å². The van der Waals surface area contributed by atoms with Crippen molar-refractivity contribution in [2.45, 2.75) is 27.7 Å². The van der Waals surface area contributed by atoms with E-state index in [1.165, 1.54) is 21.7 Å². The van der Waals surface area contributed by atoms with Crippen LogP contribution in [0.3, 0.4) is 0 Å². The van der Waals surface area contributed by atoms with E-state index >= 15 is 0 Å². The zero-order valence-electron chi connectivity index (χ0n) is 18.9. The predicted molar refractivity (Wildman–Crippen MR) is 125 cm³/mol. The number of rotatable bonds is 5. The summed E-state index contributed by atoms with van der Waals surface area (Å²) in [6.07, 6.45) is 0. The number of hydrogen-bond donors (Lipinski definition) is 0. The smallest absolute Gasteiger partial charge is 0.277 e. The van der Waals surface area contributed by atoms with Crippen LogP contribution < -0.4 is 4.90 Å². The maximum absolute atomic E-state index is 13.4. The largest absolute Gasteiger partial charge is 0.368 e. The van der Waals surface area contributed by atoms with Crippen molar-refractivity contribution in [3.8, 4) is 0 Å². The molecule has 162 valence electrons. The van der Waals surface area contributed by atoms with Gasteiger partial charge in [-0.25, -0.2) is 0 Å². The lowest BCUT2D eigenvalue weighted by Gasteiger charge is -2.38. The molecule has 0 atom stereocenters. The first-order valence-electron chi connectivity index (χ1n) is 11.1. The van der Waals surface area contributed by atoms with Gasteiger partial charge in [0.1, 0.15) is 5.70 Å². The van der Waals surface area contributed by atoms with Gasteiger partial charge in [0.05, 0.1) is 5.57 Å². The van der Waals surface area contributed by atoms with Gasteiger partial charge in [-0.2, -0.15) is 0 Å². The summed E-state index contributed by atoms with van der Waals surface area (Å²) in [6.45, 7) is 11.9. The van der Waals surface area contributed by atoms with E-state index in [1.54, 1.807) is 0 Å². The maximum atomic E-state index is 13.4. The normalized spacial score (nSPS) is 17.4. The molecule has 2 aromatic carbocycles. The molecule has 0 N–H and O–H groups in total. The molecule has 0 saturated carbocycles. The Kier molecular flexibility index (Phi) is 5.86. The molecule has 2 heterocycles. The molecule has 5 nitrogen and oxygen atoms in total. The number of amides is 2. The van der Waals surface area contributed by atoms with Crippen molar-refractivity contribution < 1.29 is 9.59 Å². The van der Waals surface area contributed by atoms with Gasteiger partial charge in [0, 0.05) is 38.4 Å². The van der Waals surface area contributed by atoms with Gasteiger partial charge in [0.25, 0.3) is 11.8 Å². The summed E-state index contributed by atoms with van der Waals surface area (Å²) < 4.78 is 0. The second-order valence-corrected chi connectivity index (χ2v) is 8.90. The molecule has 1 saturated heterocycles. The van der Waals surface area contributed by atoms with Gasteiger partial charge < -0.3 is 9.80 Å². The molecule has 2 aliphatic heterocycles. The molecule has 0 aliphatic carbocycles. The maximum Gasteiger partial charge on any atom is 0.277 e. The summed E-state index contributed by atoms with van der Waals surface area (Å²) in [5, 5.41) is 0. The van der Waals surface area contributed by atoms with E-state index in [9.17, 15) is 9.59 Å². The number of anilines is 1. The molecule has 0 unspecified atom stereocenters. The third-order valence-electron chi connectivity index (χ3n) is 6.27. The van der Waals surface area contributed by atoms with Crippen LogP contribution >= 0.6 is 0 Å². The Morgan fingerprint density at radius 1 is 0.806 bits per heavy atom. The standard InChI is InChI=1S/C26H31N3O2/c1-18(2)17-29-25(30)23(21-10-6-5-7-11-21)24(26(29)31)28-15-13-27(14-16-28)22-12-8-9-19(3)20(22)4/h5-12,18H,13-17H2,1-4H3. The minimum Gasteiger partial charge on any atom is -0.368 e. The van der Waals surface area contributed by atoms with Gasteiger partial charge in [0.15, 0.2) is 0 Å². The van der Waals surface area contributed by atoms with Crippen LogP contribution in [0.5, 0.6) is 0 Å². The zero-order valence-corrected chi connectivity index (χ0v) is 18.9. The Hall–Kier alpha value is -3.08. The highest BCUT2D eigenvalue weighted by Crippen LogP contribution is 2.33. The van der Waals surface area contributed by atoms with Gasteiger partial charge in [0.2, 0.25) is 0 Å². The van der Waals surface area contributed by atoms with E-state index in [-0.39, 0.29) is 17.7 Å². The van der Waals surface area contributed by atoms with E-state index in [2.05, 4.69) is 41.8 Å². The monoisotopic (exact) mass is 417 g/mol. The fourth-order valence-corrected chi connectivity index (χ4v) is 4.50. The third kappa shape index (κ3) is 3.97. The van der Waals surface area contributed by atoms with Crippen molar-refractivity contribution in [1.82, 2.24) is 9.80 Å². The molecule has 0 radical (unpaired) electrons. The number of piperazine rings is 1. The molecule has 0 bridgehead atoms. The molecule has 31 heavy (non-hydrogen) atoms. The fraction of sp³-hybridized carbons (Fsp3) is 0.385. The van der Waals surface area contributed by atoms with Gasteiger partial charge in [-0.3, -0.25) is 14.5 Å². The molecule has 2 amide bonds. The van der Waals surface area contributed by atoms with Gasteiger partial charge >= 0.3 is 0 Å². The summed E-state index contributed by atoms with van der Waals surface area (Å²) in [7, 11) is 0. The molecular formula is C26H31N3O2. The minimum absolute atomic E-state index is 0.155. The molecule has 2 aliphatic rings. The summed E-state index contributed by atoms with van der Waals surface area (Å²) in [4.78, 5) is 32.6. The summed E-state index contributed by atoms with van der Waals surface area (Å²) >= 11 is 0. The average Bonchev–Trinajstić information content (AvgIpc) is 3.01. The molecule has 4 rings (SSSR count). The summed E-state index contributed by atoms with van der Waals surface area (Å²) in [6, 6.07) is 16.0. The van der Waals surface area contributed by atoms with Crippen LogP contribution in [0.25, 0.3) is 5.57 Å². The Bertz CT molecular complexity index is 1020. The highest BCUT2D eigenvalue weighted by Gasteiger charge is 2.42. The molecule has 1 fully saturated rings. The fourth-order valence-electron chi connectivity index (χ4n) is 4.50. The number of carbonyl (C=O) groups excluding carboxylic acids is 2. The quantitative estimate of drug-likeness (QED) is 0.693. The molecule has 0 spiro atoms. The van der Waals surface area contributed by atoms with Crippen LogP contribution in [0.4, 0.5) is 5.69 Å². The molecule has 2 aromatic rings. The molecule has 0 aromatic heterocycles.